The van der Waals surface area contributed by atoms with Gasteiger partial charge in [-0.2, -0.15) is 0 Å². The largest absolute Gasteiger partial charge is 1.00 e. The molecule has 1 heterocycles. The predicted molar refractivity (Wildman–Crippen MR) is 84.1 cm³/mol. The minimum Gasteiger partial charge on any atom is -0.410 e. The van der Waals surface area contributed by atoms with E-state index in [1.165, 1.54) is 0 Å². The van der Waals surface area contributed by atoms with Crippen LogP contribution in [0.1, 0.15) is 0 Å². The van der Waals surface area contributed by atoms with Gasteiger partial charge in [-0.3, -0.25) is 0 Å². The minimum atomic E-state index is -0.119. The fourth-order valence-corrected chi connectivity index (χ4v) is 1.70. The summed E-state index contributed by atoms with van der Waals surface area (Å²) in [5.74, 6) is 0. The number of nitrogens with one attached hydrogen (secondary N) is 2. The van der Waals surface area contributed by atoms with Gasteiger partial charge in [0.2, 0.25) is 0 Å². The number of hydrogen-bond acceptors (Lipinski definition) is 8. The van der Waals surface area contributed by atoms with E-state index < -0.39 is 0 Å². The third-order valence-electron chi connectivity index (χ3n) is 2.52. The molecule has 0 amide bonds. The number of thiocarbonyl (C=S) groups is 1. The van der Waals surface area contributed by atoms with Gasteiger partial charge in [0.25, 0.3) is 0 Å². The SMILES string of the molecule is S=C([S-])NNCC1COCCOCCOCCOCCO1.[Na+]. The first-order chi connectivity index (χ1) is 10.3. The maximum absolute atomic E-state index is 5.69. The van der Waals surface area contributed by atoms with Gasteiger partial charge in [0.1, 0.15) is 0 Å². The topological polar surface area (TPSA) is 70.2 Å². The van der Waals surface area contributed by atoms with E-state index in [2.05, 4.69) is 10.9 Å². The van der Waals surface area contributed by atoms with E-state index in [4.69, 9.17) is 48.5 Å². The molecule has 0 aliphatic carbocycles. The molecule has 0 aromatic carbocycles. The first kappa shape index (κ1) is 22.9. The molecule has 1 aliphatic rings. The fraction of sp³-hybridized carbons (Fsp3) is 0.917. The van der Waals surface area contributed by atoms with Crippen molar-refractivity contribution in [2.45, 2.75) is 6.10 Å². The standard InChI is InChI=1S/C12H24N2O5S2.Na/c20-12(21)14-13-9-11-10-18-6-5-16-2-1-15-3-4-17-7-8-19-11;/h11,13H,1-10H2,(H2,14,20,21);/q;+1/p-1. The zero-order valence-corrected chi connectivity index (χ0v) is 16.6. The molecule has 0 radical (unpaired) electrons. The zero-order valence-electron chi connectivity index (χ0n) is 13.0. The molecule has 0 saturated carbocycles. The summed E-state index contributed by atoms with van der Waals surface area (Å²) < 4.78 is 27.6. The average Bonchev–Trinajstić information content (AvgIpc) is 2.46. The van der Waals surface area contributed by atoms with E-state index in [1.807, 2.05) is 0 Å². The summed E-state index contributed by atoms with van der Waals surface area (Å²) in [5.41, 5.74) is 5.60. The Hall–Kier alpha value is 0.870. The van der Waals surface area contributed by atoms with Crippen molar-refractivity contribution in [3.63, 3.8) is 0 Å². The van der Waals surface area contributed by atoms with Crippen LogP contribution in [0.25, 0.3) is 0 Å². The molecule has 0 aromatic heterocycles. The molecule has 10 heteroatoms. The number of hydrogen-bond donors (Lipinski definition) is 2. The molecule has 1 fully saturated rings. The van der Waals surface area contributed by atoms with E-state index in [9.17, 15) is 0 Å². The number of ether oxygens (including phenoxy) is 5. The Labute approximate surface area is 164 Å². The summed E-state index contributed by atoms with van der Waals surface area (Å²) in [7, 11) is 0. The summed E-state index contributed by atoms with van der Waals surface area (Å²) in [4.78, 5) is 0. The van der Waals surface area contributed by atoms with Crippen LogP contribution in [0, 0.1) is 0 Å². The van der Waals surface area contributed by atoms with E-state index in [0.717, 1.165) is 0 Å². The predicted octanol–water partition coefficient (Wildman–Crippen LogP) is -3.62. The molecule has 1 saturated heterocycles. The normalized spacial score (nSPS) is 22.6. The van der Waals surface area contributed by atoms with Crippen molar-refractivity contribution >= 4 is 29.2 Å². The quantitative estimate of drug-likeness (QED) is 0.229. The van der Waals surface area contributed by atoms with Crippen LogP contribution in [-0.2, 0) is 36.3 Å². The maximum Gasteiger partial charge on any atom is 1.00 e. The molecule has 1 aliphatic heterocycles. The molecule has 2 N–H and O–H groups in total. The van der Waals surface area contributed by atoms with E-state index in [1.54, 1.807) is 0 Å². The van der Waals surface area contributed by atoms with Gasteiger partial charge in [-0.15, -0.1) is 0 Å². The van der Waals surface area contributed by atoms with Crippen LogP contribution in [-0.4, -0.2) is 76.4 Å². The van der Waals surface area contributed by atoms with Crippen molar-refractivity contribution in [2.75, 3.05) is 66.0 Å². The summed E-state index contributed by atoms with van der Waals surface area (Å²) in [5, 5.41) is 0. The number of rotatable bonds is 3. The second kappa shape index (κ2) is 16.7. The van der Waals surface area contributed by atoms with Crippen molar-refractivity contribution in [2.24, 2.45) is 0 Å². The van der Waals surface area contributed by atoms with Gasteiger partial charge in [-0.25, -0.2) is 5.43 Å². The fourth-order valence-electron chi connectivity index (χ4n) is 1.55. The Morgan fingerprint density at radius 3 is 1.95 bits per heavy atom. The van der Waals surface area contributed by atoms with Crippen LogP contribution in [0.3, 0.4) is 0 Å². The van der Waals surface area contributed by atoms with Crippen molar-refractivity contribution in [1.82, 2.24) is 10.9 Å². The first-order valence-electron chi connectivity index (χ1n) is 6.91. The Morgan fingerprint density at radius 2 is 1.41 bits per heavy atom. The molecule has 124 valence electrons. The summed E-state index contributed by atoms with van der Waals surface area (Å²) in [6.45, 7) is 5.29. The first-order valence-corrected chi connectivity index (χ1v) is 7.73. The number of hydrazine groups is 1. The van der Waals surface area contributed by atoms with Crippen LogP contribution in [0.4, 0.5) is 0 Å². The Kier molecular flexibility index (Phi) is 17.4. The zero-order chi connectivity index (χ0) is 15.2. The molecule has 0 spiro atoms. The molecule has 0 aromatic rings. The molecule has 1 rings (SSSR count). The van der Waals surface area contributed by atoms with Crippen LogP contribution in [0.2, 0.25) is 0 Å². The molecular weight excluding hydrogens is 339 g/mol. The average molecular weight is 362 g/mol. The second-order valence-corrected chi connectivity index (χ2v) is 5.27. The molecular formula is C12H23N2NaO5S2. The van der Waals surface area contributed by atoms with Gasteiger partial charge < -0.3 is 54.0 Å². The Bertz CT molecular complexity index is 264. The van der Waals surface area contributed by atoms with Crippen LogP contribution in [0.5, 0.6) is 0 Å². The molecule has 1 unspecified atom stereocenters. The van der Waals surface area contributed by atoms with Crippen LogP contribution < -0.4 is 40.4 Å². The van der Waals surface area contributed by atoms with Crippen molar-refractivity contribution < 1.29 is 53.2 Å². The van der Waals surface area contributed by atoms with Gasteiger partial charge in [0.05, 0.1) is 65.6 Å². The third-order valence-corrected chi connectivity index (χ3v) is 2.73. The van der Waals surface area contributed by atoms with Gasteiger partial charge >= 0.3 is 29.6 Å². The van der Waals surface area contributed by atoms with Crippen LogP contribution in [0.15, 0.2) is 0 Å². The van der Waals surface area contributed by atoms with Gasteiger partial charge in [0, 0.05) is 6.54 Å². The molecule has 7 nitrogen and oxygen atoms in total. The Balaban J connectivity index is 0.00000441. The van der Waals surface area contributed by atoms with E-state index >= 15 is 0 Å². The van der Waals surface area contributed by atoms with Gasteiger partial charge in [-0.05, 0) is 4.32 Å². The molecule has 0 bridgehead atoms. The molecule has 22 heavy (non-hydrogen) atoms. The van der Waals surface area contributed by atoms with E-state index in [-0.39, 0.29) is 40.0 Å². The summed E-state index contributed by atoms with van der Waals surface area (Å²) in [6, 6.07) is 0. The minimum absolute atomic E-state index is 0. The maximum atomic E-state index is 5.69. The second-order valence-electron chi connectivity index (χ2n) is 4.20. The summed E-state index contributed by atoms with van der Waals surface area (Å²) >= 11 is 9.49. The van der Waals surface area contributed by atoms with E-state index in [0.29, 0.717) is 66.0 Å². The van der Waals surface area contributed by atoms with Gasteiger partial charge in [0.15, 0.2) is 0 Å². The van der Waals surface area contributed by atoms with Crippen molar-refractivity contribution in [3.8, 4) is 0 Å². The molecule has 1 atom stereocenters. The monoisotopic (exact) mass is 362 g/mol. The van der Waals surface area contributed by atoms with Crippen LogP contribution >= 0.6 is 12.2 Å². The third kappa shape index (κ3) is 14.5. The van der Waals surface area contributed by atoms with Crippen molar-refractivity contribution in [3.05, 3.63) is 0 Å². The summed E-state index contributed by atoms with van der Waals surface area (Å²) in [6.07, 6.45) is -0.119. The Morgan fingerprint density at radius 1 is 0.909 bits per heavy atom. The van der Waals surface area contributed by atoms with Crippen molar-refractivity contribution in [1.29, 1.82) is 0 Å². The smallest absolute Gasteiger partial charge is 0.410 e. The van der Waals surface area contributed by atoms with Gasteiger partial charge in [-0.1, -0.05) is 0 Å².